The van der Waals surface area contributed by atoms with Crippen LogP contribution in [0.5, 0.6) is 5.75 Å². The summed E-state index contributed by atoms with van der Waals surface area (Å²) in [6.45, 7) is 0.503. The number of carbonyl (C=O) groups is 1. The van der Waals surface area contributed by atoms with Gasteiger partial charge in [0.05, 0.1) is 0 Å². The first-order chi connectivity index (χ1) is 13.1. The predicted octanol–water partition coefficient (Wildman–Crippen LogP) is 5.05. The Balaban J connectivity index is 1.50. The minimum absolute atomic E-state index is 0.216. The second-order valence-electron chi connectivity index (χ2n) is 5.71. The number of halogens is 1. The van der Waals surface area contributed by atoms with Gasteiger partial charge in [-0.2, -0.15) is 0 Å². The average molecular weight is 397 g/mol. The molecule has 6 heteroatoms. The number of amides is 1. The number of rotatable bonds is 5. The van der Waals surface area contributed by atoms with Gasteiger partial charge in [-0.3, -0.25) is 10.1 Å². The van der Waals surface area contributed by atoms with Gasteiger partial charge in [0.2, 0.25) is 0 Å². The zero-order valence-corrected chi connectivity index (χ0v) is 15.9. The van der Waals surface area contributed by atoms with Gasteiger partial charge in [0.15, 0.2) is 5.11 Å². The Labute approximate surface area is 168 Å². The lowest BCUT2D eigenvalue weighted by atomic mass is 10.2. The topological polar surface area (TPSA) is 50.4 Å². The van der Waals surface area contributed by atoms with Gasteiger partial charge in [0, 0.05) is 16.3 Å². The molecule has 0 heterocycles. The molecular formula is C21H17ClN2O2S. The van der Waals surface area contributed by atoms with E-state index in [2.05, 4.69) is 10.6 Å². The predicted molar refractivity (Wildman–Crippen MR) is 112 cm³/mol. The van der Waals surface area contributed by atoms with Crippen molar-refractivity contribution in [3.8, 4) is 5.75 Å². The van der Waals surface area contributed by atoms with Crippen LogP contribution in [0.2, 0.25) is 5.02 Å². The fourth-order valence-corrected chi connectivity index (χ4v) is 2.65. The Morgan fingerprint density at radius 2 is 1.59 bits per heavy atom. The van der Waals surface area contributed by atoms with Crippen LogP contribution in [0.3, 0.4) is 0 Å². The molecule has 0 spiro atoms. The van der Waals surface area contributed by atoms with Crippen LogP contribution < -0.4 is 15.4 Å². The van der Waals surface area contributed by atoms with E-state index in [-0.39, 0.29) is 11.0 Å². The molecule has 0 radical (unpaired) electrons. The van der Waals surface area contributed by atoms with Gasteiger partial charge in [-0.15, -0.1) is 0 Å². The summed E-state index contributed by atoms with van der Waals surface area (Å²) < 4.78 is 5.74. The molecule has 0 aliphatic carbocycles. The molecule has 0 atom stereocenters. The van der Waals surface area contributed by atoms with Crippen LogP contribution in [0.15, 0.2) is 78.9 Å². The molecule has 3 aromatic carbocycles. The first kappa shape index (κ1) is 18.9. The second kappa shape index (κ2) is 9.16. The molecule has 2 N–H and O–H groups in total. The summed E-state index contributed by atoms with van der Waals surface area (Å²) in [5, 5.41) is 6.39. The van der Waals surface area contributed by atoms with E-state index in [1.54, 1.807) is 24.3 Å². The van der Waals surface area contributed by atoms with Crippen LogP contribution in [0.1, 0.15) is 15.9 Å². The SMILES string of the molecule is O=C(NC(=S)Nc1ccc(OCc2ccccc2)cc1)c1ccc(Cl)cc1. The van der Waals surface area contributed by atoms with Gasteiger partial charge < -0.3 is 10.1 Å². The van der Waals surface area contributed by atoms with Gasteiger partial charge in [0.1, 0.15) is 12.4 Å². The van der Waals surface area contributed by atoms with Gasteiger partial charge in [-0.25, -0.2) is 0 Å². The maximum atomic E-state index is 12.1. The van der Waals surface area contributed by atoms with Crippen LogP contribution in [-0.2, 0) is 6.61 Å². The summed E-state index contributed by atoms with van der Waals surface area (Å²) in [7, 11) is 0. The lowest BCUT2D eigenvalue weighted by molar-refractivity contribution is 0.0977. The normalized spacial score (nSPS) is 10.1. The first-order valence-electron chi connectivity index (χ1n) is 8.25. The molecule has 0 saturated carbocycles. The summed E-state index contributed by atoms with van der Waals surface area (Å²) in [5.41, 5.74) is 2.34. The van der Waals surface area contributed by atoms with Crippen LogP contribution in [0, 0.1) is 0 Å². The lowest BCUT2D eigenvalue weighted by Gasteiger charge is -2.11. The molecule has 0 unspecified atom stereocenters. The van der Waals surface area contributed by atoms with Crippen LogP contribution in [-0.4, -0.2) is 11.0 Å². The summed E-state index contributed by atoms with van der Waals surface area (Å²) in [4.78, 5) is 12.1. The number of carbonyl (C=O) groups excluding carboxylic acids is 1. The maximum Gasteiger partial charge on any atom is 0.257 e. The van der Waals surface area contributed by atoms with Gasteiger partial charge in [-0.1, -0.05) is 41.9 Å². The largest absolute Gasteiger partial charge is 0.489 e. The van der Waals surface area contributed by atoms with E-state index in [0.717, 1.165) is 17.0 Å². The van der Waals surface area contributed by atoms with Crippen molar-refractivity contribution in [2.75, 3.05) is 5.32 Å². The smallest absolute Gasteiger partial charge is 0.257 e. The molecule has 3 rings (SSSR count). The van der Waals surface area contributed by atoms with Gasteiger partial charge in [-0.05, 0) is 66.3 Å². The Morgan fingerprint density at radius 1 is 0.926 bits per heavy atom. The molecule has 1 amide bonds. The highest BCUT2D eigenvalue weighted by molar-refractivity contribution is 7.80. The van der Waals surface area contributed by atoms with Crippen molar-refractivity contribution in [3.63, 3.8) is 0 Å². The quantitative estimate of drug-likeness (QED) is 0.593. The van der Waals surface area contributed by atoms with Gasteiger partial charge >= 0.3 is 0 Å². The summed E-state index contributed by atoms with van der Waals surface area (Å²) in [6.07, 6.45) is 0. The summed E-state index contributed by atoms with van der Waals surface area (Å²) >= 11 is 11.0. The Hall–Kier alpha value is -2.89. The van der Waals surface area contributed by atoms with E-state index >= 15 is 0 Å². The van der Waals surface area contributed by atoms with Crippen molar-refractivity contribution in [1.29, 1.82) is 0 Å². The van der Waals surface area contributed by atoms with E-state index in [1.807, 2.05) is 54.6 Å². The molecule has 0 aliphatic heterocycles. The molecule has 136 valence electrons. The number of thiocarbonyl (C=S) groups is 1. The Morgan fingerprint density at radius 3 is 2.26 bits per heavy atom. The van der Waals surface area contributed by atoms with E-state index in [1.165, 1.54) is 0 Å². The third-order valence-corrected chi connectivity index (χ3v) is 4.15. The van der Waals surface area contributed by atoms with E-state index < -0.39 is 0 Å². The van der Waals surface area contributed by atoms with E-state index in [0.29, 0.717) is 17.2 Å². The van der Waals surface area contributed by atoms with E-state index in [4.69, 9.17) is 28.6 Å². The zero-order chi connectivity index (χ0) is 19.1. The van der Waals surface area contributed by atoms with Crippen molar-refractivity contribution >= 4 is 40.5 Å². The molecule has 27 heavy (non-hydrogen) atoms. The van der Waals surface area contributed by atoms with Crippen molar-refractivity contribution < 1.29 is 9.53 Å². The van der Waals surface area contributed by atoms with Crippen molar-refractivity contribution in [2.45, 2.75) is 6.61 Å². The average Bonchev–Trinajstić information content (AvgIpc) is 2.68. The molecule has 3 aromatic rings. The fraction of sp³-hybridized carbons (Fsp3) is 0.0476. The van der Waals surface area contributed by atoms with Gasteiger partial charge in [0.25, 0.3) is 5.91 Å². The summed E-state index contributed by atoms with van der Waals surface area (Å²) in [6, 6.07) is 23.9. The fourth-order valence-electron chi connectivity index (χ4n) is 2.31. The van der Waals surface area contributed by atoms with Crippen molar-refractivity contribution in [2.24, 2.45) is 0 Å². The summed E-state index contributed by atoms with van der Waals surface area (Å²) in [5.74, 6) is 0.451. The minimum Gasteiger partial charge on any atom is -0.489 e. The monoisotopic (exact) mass is 396 g/mol. The van der Waals surface area contributed by atoms with Crippen LogP contribution in [0.25, 0.3) is 0 Å². The highest BCUT2D eigenvalue weighted by atomic mass is 35.5. The van der Waals surface area contributed by atoms with Crippen molar-refractivity contribution in [3.05, 3.63) is 95.0 Å². The molecular weight excluding hydrogens is 380 g/mol. The molecule has 0 bridgehead atoms. The van der Waals surface area contributed by atoms with Crippen molar-refractivity contribution in [1.82, 2.24) is 5.32 Å². The Kier molecular flexibility index (Phi) is 6.41. The molecule has 0 aliphatic rings. The highest BCUT2D eigenvalue weighted by Crippen LogP contribution is 2.17. The standard InChI is InChI=1S/C21H17ClN2O2S/c22-17-8-6-16(7-9-17)20(25)24-21(27)23-18-10-12-19(13-11-18)26-14-15-4-2-1-3-5-15/h1-13H,14H2,(H2,23,24,25,27). The highest BCUT2D eigenvalue weighted by Gasteiger charge is 2.08. The number of hydrogen-bond donors (Lipinski definition) is 2. The number of anilines is 1. The number of nitrogens with one attached hydrogen (secondary N) is 2. The molecule has 0 aromatic heterocycles. The molecule has 0 fully saturated rings. The second-order valence-corrected chi connectivity index (χ2v) is 6.56. The van der Waals surface area contributed by atoms with Crippen LogP contribution in [0.4, 0.5) is 5.69 Å². The minimum atomic E-state index is -0.299. The Bertz CT molecular complexity index is 913. The molecule has 4 nitrogen and oxygen atoms in total. The zero-order valence-electron chi connectivity index (χ0n) is 14.3. The lowest BCUT2D eigenvalue weighted by Crippen LogP contribution is -2.34. The number of ether oxygens (including phenoxy) is 1. The van der Waals surface area contributed by atoms with E-state index in [9.17, 15) is 4.79 Å². The number of benzene rings is 3. The van der Waals surface area contributed by atoms with Crippen LogP contribution >= 0.6 is 23.8 Å². The third-order valence-electron chi connectivity index (χ3n) is 3.69. The third kappa shape index (κ3) is 5.81. The maximum absolute atomic E-state index is 12.1. The number of hydrogen-bond acceptors (Lipinski definition) is 3. The molecule has 0 saturated heterocycles. The first-order valence-corrected chi connectivity index (χ1v) is 9.03.